The van der Waals surface area contributed by atoms with Crippen LogP contribution in [0.2, 0.25) is 0 Å². The maximum absolute atomic E-state index is 12.4. The van der Waals surface area contributed by atoms with Gasteiger partial charge in [0.15, 0.2) is 0 Å². The predicted octanol–water partition coefficient (Wildman–Crippen LogP) is 2.08. The van der Waals surface area contributed by atoms with Crippen molar-refractivity contribution in [3.63, 3.8) is 0 Å². The van der Waals surface area contributed by atoms with Crippen LogP contribution in [0, 0.1) is 11.8 Å². The van der Waals surface area contributed by atoms with E-state index in [1.54, 1.807) is 0 Å². The Hall–Kier alpha value is -1.06. The minimum absolute atomic E-state index is 0.0249. The first-order valence-corrected chi connectivity index (χ1v) is 8.30. The molecule has 1 heterocycles. The van der Waals surface area contributed by atoms with Crippen LogP contribution in [0.4, 0.5) is 0 Å². The van der Waals surface area contributed by atoms with E-state index >= 15 is 0 Å². The van der Waals surface area contributed by atoms with Gasteiger partial charge in [-0.2, -0.15) is 0 Å². The van der Waals surface area contributed by atoms with Crippen LogP contribution in [0.1, 0.15) is 57.8 Å². The van der Waals surface area contributed by atoms with E-state index in [9.17, 15) is 9.59 Å². The van der Waals surface area contributed by atoms with Gasteiger partial charge in [0.2, 0.25) is 11.8 Å². The van der Waals surface area contributed by atoms with Gasteiger partial charge in [0.25, 0.3) is 0 Å². The van der Waals surface area contributed by atoms with Crippen molar-refractivity contribution in [1.82, 2.24) is 10.2 Å². The summed E-state index contributed by atoms with van der Waals surface area (Å²) in [5.74, 6) is 1.08. The molecule has 1 atom stereocenters. The molecule has 4 heteroatoms. The number of amides is 2. The van der Waals surface area contributed by atoms with Crippen LogP contribution in [0.5, 0.6) is 0 Å². The molecule has 2 saturated carbocycles. The smallest absolute Gasteiger partial charge is 0.225 e. The lowest BCUT2D eigenvalue weighted by Gasteiger charge is -2.32. The van der Waals surface area contributed by atoms with Crippen molar-refractivity contribution in [2.75, 3.05) is 13.1 Å². The normalized spacial score (nSPS) is 27.6. The maximum atomic E-state index is 12.4. The molecule has 1 aliphatic heterocycles. The highest BCUT2D eigenvalue weighted by Gasteiger charge is 2.32. The third kappa shape index (κ3) is 3.53. The monoisotopic (exact) mass is 278 g/mol. The third-order valence-corrected chi connectivity index (χ3v) is 5.01. The maximum Gasteiger partial charge on any atom is 0.225 e. The minimum atomic E-state index is 0.0249. The van der Waals surface area contributed by atoms with E-state index in [-0.39, 0.29) is 17.7 Å². The average Bonchev–Trinajstić information content (AvgIpc) is 3.12. The van der Waals surface area contributed by atoms with Crippen molar-refractivity contribution in [3.8, 4) is 0 Å². The molecule has 0 aromatic rings. The SMILES string of the molecule is O=C(NC1CC1)[C@@H]1CCCN(C(=O)CC2CCCC2)C1. The third-order valence-electron chi connectivity index (χ3n) is 5.01. The molecule has 0 aromatic heterocycles. The lowest BCUT2D eigenvalue weighted by Crippen LogP contribution is -2.46. The lowest BCUT2D eigenvalue weighted by molar-refractivity contribution is -0.136. The van der Waals surface area contributed by atoms with Crippen molar-refractivity contribution in [3.05, 3.63) is 0 Å². The zero-order valence-corrected chi connectivity index (χ0v) is 12.3. The van der Waals surface area contributed by atoms with Crippen LogP contribution in [0.25, 0.3) is 0 Å². The fourth-order valence-corrected chi connectivity index (χ4v) is 3.55. The van der Waals surface area contributed by atoms with Crippen LogP contribution in [-0.4, -0.2) is 35.8 Å². The first-order chi connectivity index (χ1) is 9.72. The summed E-state index contributed by atoms with van der Waals surface area (Å²) in [6, 6.07) is 0.423. The van der Waals surface area contributed by atoms with Gasteiger partial charge in [-0.25, -0.2) is 0 Å². The van der Waals surface area contributed by atoms with Crippen molar-refractivity contribution in [1.29, 1.82) is 0 Å². The van der Waals surface area contributed by atoms with Crippen LogP contribution < -0.4 is 5.32 Å². The molecule has 0 unspecified atom stereocenters. The topological polar surface area (TPSA) is 49.4 Å². The van der Waals surface area contributed by atoms with E-state index in [0.29, 0.717) is 24.9 Å². The summed E-state index contributed by atoms with van der Waals surface area (Å²) < 4.78 is 0. The van der Waals surface area contributed by atoms with Gasteiger partial charge in [-0.1, -0.05) is 12.8 Å². The molecule has 3 aliphatic rings. The number of rotatable bonds is 4. The number of hydrogen-bond donors (Lipinski definition) is 1. The van der Waals surface area contributed by atoms with E-state index in [1.165, 1.54) is 25.7 Å². The van der Waals surface area contributed by atoms with Gasteiger partial charge >= 0.3 is 0 Å². The van der Waals surface area contributed by atoms with Crippen LogP contribution in [0.15, 0.2) is 0 Å². The Morgan fingerprint density at radius 1 is 1.00 bits per heavy atom. The minimum Gasteiger partial charge on any atom is -0.353 e. The van der Waals surface area contributed by atoms with Gasteiger partial charge in [-0.3, -0.25) is 9.59 Å². The fraction of sp³-hybridized carbons (Fsp3) is 0.875. The Kier molecular flexibility index (Phi) is 4.27. The predicted molar refractivity (Wildman–Crippen MR) is 77.0 cm³/mol. The van der Waals surface area contributed by atoms with Gasteiger partial charge in [0.05, 0.1) is 5.92 Å². The number of piperidine rings is 1. The van der Waals surface area contributed by atoms with Gasteiger partial charge in [0.1, 0.15) is 0 Å². The molecule has 0 aromatic carbocycles. The van der Waals surface area contributed by atoms with Gasteiger partial charge in [-0.05, 0) is 44.4 Å². The van der Waals surface area contributed by atoms with E-state index in [2.05, 4.69) is 5.32 Å². The summed E-state index contributed by atoms with van der Waals surface area (Å²) >= 11 is 0. The quantitative estimate of drug-likeness (QED) is 0.856. The summed E-state index contributed by atoms with van der Waals surface area (Å²) in [5, 5.41) is 3.08. The number of likely N-dealkylation sites (tertiary alicyclic amines) is 1. The van der Waals surface area contributed by atoms with Gasteiger partial charge in [-0.15, -0.1) is 0 Å². The molecular formula is C16H26N2O2. The largest absolute Gasteiger partial charge is 0.353 e. The second-order valence-corrected chi connectivity index (χ2v) is 6.82. The molecule has 0 radical (unpaired) electrons. The Morgan fingerprint density at radius 3 is 2.45 bits per heavy atom. The van der Waals surface area contributed by atoms with Crippen molar-refractivity contribution < 1.29 is 9.59 Å². The molecule has 0 bridgehead atoms. The molecular weight excluding hydrogens is 252 g/mol. The Bertz CT molecular complexity index is 373. The standard InChI is InChI=1S/C16H26N2O2/c19-15(10-12-4-1-2-5-12)18-9-3-6-13(11-18)16(20)17-14-7-8-14/h12-14H,1-11H2,(H,17,20)/t13-/m1/s1. The number of carbonyl (C=O) groups is 2. The van der Waals surface area contributed by atoms with Crippen molar-refractivity contribution in [2.24, 2.45) is 11.8 Å². The Balaban J connectivity index is 1.48. The zero-order chi connectivity index (χ0) is 13.9. The van der Waals surface area contributed by atoms with Crippen LogP contribution >= 0.6 is 0 Å². The van der Waals surface area contributed by atoms with E-state index in [0.717, 1.165) is 32.2 Å². The molecule has 1 N–H and O–H groups in total. The molecule has 2 amide bonds. The summed E-state index contributed by atoms with van der Waals surface area (Å²) in [4.78, 5) is 26.4. The zero-order valence-electron chi connectivity index (χ0n) is 12.3. The van der Waals surface area contributed by atoms with Crippen molar-refractivity contribution in [2.45, 2.75) is 63.8 Å². The highest BCUT2D eigenvalue weighted by atomic mass is 16.2. The number of nitrogens with one attached hydrogen (secondary N) is 1. The Labute approximate surface area is 121 Å². The first kappa shape index (κ1) is 13.9. The van der Waals surface area contributed by atoms with Gasteiger partial charge < -0.3 is 10.2 Å². The van der Waals surface area contributed by atoms with E-state index < -0.39 is 0 Å². The van der Waals surface area contributed by atoms with Crippen LogP contribution in [-0.2, 0) is 9.59 Å². The second kappa shape index (κ2) is 6.15. The second-order valence-electron chi connectivity index (χ2n) is 6.82. The number of nitrogens with zero attached hydrogens (tertiary/aromatic N) is 1. The highest BCUT2D eigenvalue weighted by molar-refractivity contribution is 5.81. The summed E-state index contributed by atoms with van der Waals surface area (Å²) in [6.07, 6.45) is 9.86. The van der Waals surface area contributed by atoms with E-state index in [1.807, 2.05) is 4.90 Å². The number of hydrogen-bond acceptors (Lipinski definition) is 2. The molecule has 3 rings (SSSR count). The molecule has 0 spiro atoms. The van der Waals surface area contributed by atoms with Crippen molar-refractivity contribution >= 4 is 11.8 Å². The first-order valence-electron chi connectivity index (χ1n) is 8.30. The van der Waals surface area contributed by atoms with Crippen LogP contribution in [0.3, 0.4) is 0 Å². The summed E-state index contributed by atoms with van der Waals surface area (Å²) in [5.41, 5.74) is 0. The summed E-state index contributed by atoms with van der Waals surface area (Å²) in [6.45, 7) is 1.49. The number of carbonyl (C=O) groups excluding carboxylic acids is 2. The fourth-order valence-electron chi connectivity index (χ4n) is 3.55. The Morgan fingerprint density at radius 2 is 1.75 bits per heavy atom. The lowest BCUT2D eigenvalue weighted by atomic mass is 9.95. The highest BCUT2D eigenvalue weighted by Crippen LogP contribution is 2.29. The average molecular weight is 278 g/mol. The summed E-state index contributed by atoms with van der Waals surface area (Å²) in [7, 11) is 0. The van der Waals surface area contributed by atoms with Gasteiger partial charge in [0, 0.05) is 25.6 Å². The molecule has 20 heavy (non-hydrogen) atoms. The molecule has 2 aliphatic carbocycles. The van der Waals surface area contributed by atoms with E-state index in [4.69, 9.17) is 0 Å². The molecule has 4 nitrogen and oxygen atoms in total. The molecule has 1 saturated heterocycles. The molecule has 3 fully saturated rings. The molecule has 112 valence electrons.